The highest BCUT2D eigenvalue weighted by atomic mass is 16.4. The monoisotopic (exact) mass is 254 g/mol. The molecule has 0 radical (unpaired) electrons. The normalized spacial score (nSPS) is 27.6. The quantitative estimate of drug-likeness (QED) is 0.804. The van der Waals surface area contributed by atoms with Crippen LogP contribution in [0, 0.1) is 5.92 Å². The van der Waals surface area contributed by atoms with Gasteiger partial charge in [0, 0.05) is 12.1 Å². The van der Waals surface area contributed by atoms with Crippen molar-refractivity contribution in [2.24, 2.45) is 5.92 Å². The molecule has 5 heteroatoms. The Kier molecular flexibility index (Phi) is 4.09. The van der Waals surface area contributed by atoms with Gasteiger partial charge in [-0.2, -0.15) is 0 Å². The van der Waals surface area contributed by atoms with E-state index in [1.54, 1.807) is 0 Å². The molecule has 0 unspecified atom stereocenters. The van der Waals surface area contributed by atoms with Gasteiger partial charge in [0.1, 0.15) is 6.54 Å². The Hall–Kier alpha value is -1.26. The van der Waals surface area contributed by atoms with Crippen LogP contribution in [0.4, 0.5) is 4.79 Å². The van der Waals surface area contributed by atoms with Crippen molar-refractivity contribution in [3.05, 3.63) is 0 Å². The Morgan fingerprint density at radius 1 is 1.17 bits per heavy atom. The summed E-state index contributed by atoms with van der Waals surface area (Å²) in [5, 5.41) is 11.8. The lowest BCUT2D eigenvalue weighted by Crippen LogP contribution is -2.48. The molecule has 102 valence electrons. The highest BCUT2D eigenvalue weighted by Gasteiger charge is 2.34. The molecule has 0 aromatic heterocycles. The van der Waals surface area contributed by atoms with Crippen LogP contribution in [0.5, 0.6) is 0 Å². The van der Waals surface area contributed by atoms with Crippen LogP contribution < -0.4 is 5.32 Å². The minimum atomic E-state index is -0.936. The zero-order valence-electron chi connectivity index (χ0n) is 10.9. The molecule has 0 aliphatic heterocycles. The molecule has 0 aromatic carbocycles. The third kappa shape index (κ3) is 3.62. The smallest absolute Gasteiger partial charge is 0.323 e. The van der Waals surface area contributed by atoms with E-state index in [2.05, 4.69) is 12.2 Å². The standard InChI is InChI=1S/C13H22N2O3/c1-9-2-4-10(5-3-9)14-13(18)15(8-12(16)17)11-6-7-11/h9-11H,2-8H2,1H3,(H,14,18)(H,16,17). The Morgan fingerprint density at radius 2 is 1.78 bits per heavy atom. The zero-order chi connectivity index (χ0) is 13.1. The van der Waals surface area contributed by atoms with Crippen molar-refractivity contribution in [2.45, 2.75) is 57.5 Å². The molecular formula is C13H22N2O3. The Labute approximate surface area is 108 Å². The molecule has 2 aliphatic carbocycles. The number of urea groups is 1. The summed E-state index contributed by atoms with van der Waals surface area (Å²) in [6, 6.07) is 0.173. The molecule has 2 saturated carbocycles. The number of rotatable bonds is 4. The second kappa shape index (κ2) is 5.59. The van der Waals surface area contributed by atoms with Crippen LogP contribution in [0.15, 0.2) is 0 Å². The summed E-state index contributed by atoms with van der Waals surface area (Å²) < 4.78 is 0. The number of carboxylic acids is 1. The van der Waals surface area contributed by atoms with Crippen LogP contribution in [0.25, 0.3) is 0 Å². The van der Waals surface area contributed by atoms with Crippen molar-refractivity contribution in [1.82, 2.24) is 10.2 Å². The first-order valence-electron chi connectivity index (χ1n) is 6.85. The zero-order valence-corrected chi connectivity index (χ0v) is 10.9. The van der Waals surface area contributed by atoms with Crippen LogP contribution >= 0.6 is 0 Å². The highest BCUT2D eigenvalue weighted by Crippen LogP contribution is 2.28. The van der Waals surface area contributed by atoms with Crippen LogP contribution in [0.3, 0.4) is 0 Å². The summed E-state index contributed by atoms with van der Waals surface area (Å²) in [4.78, 5) is 24.3. The molecule has 0 bridgehead atoms. The second-order valence-electron chi connectivity index (χ2n) is 5.66. The first-order valence-corrected chi connectivity index (χ1v) is 6.85. The van der Waals surface area contributed by atoms with Crippen LogP contribution in [-0.2, 0) is 4.79 Å². The lowest BCUT2D eigenvalue weighted by molar-refractivity contribution is -0.137. The third-order valence-corrected chi connectivity index (χ3v) is 3.90. The Balaban J connectivity index is 1.83. The topological polar surface area (TPSA) is 69.6 Å². The van der Waals surface area contributed by atoms with Gasteiger partial charge in [0.25, 0.3) is 0 Å². The van der Waals surface area contributed by atoms with Crippen molar-refractivity contribution >= 4 is 12.0 Å². The predicted molar refractivity (Wildman–Crippen MR) is 67.3 cm³/mol. The third-order valence-electron chi connectivity index (χ3n) is 3.90. The summed E-state index contributed by atoms with van der Waals surface area (Å²) >= 11 is 0. The maximum absolute atomic E-state index is 12.1. The van der Waals surface area contributed by atoms with Gasteiger partial charge in [-0.1, -0.05) is 6.92 Å². The molecule has 0 atom stereocenters. The molecule has 2 rings (SSSR count). The van der Waals surface area contributed by atoms with E-state index in [-0.39, 0.29) is 24.7 Å². The van der Waals surface area contributed by atoms with Gasteiger partial charge in [0.05, 0.1) is 0 Å². The fourth-order valence-electron chi connectivity index (χ4n) is 2.56. The molecule has 0 aromatic rings. The SMILES string of the molecule is CC1CCC(NC(=O)N(CC(=O)O)C2CC2)CC1. The van der Waals surface area contributed by atoms with Gasteiger partial charge in [-0.3, -0.25) is 4.79 Å². The number of hydrogen-bond acceptors (Lipinski definition) is 2. The number of hydrogen-bond donors (Lipinski definition) is 2. The van der Waals surface area contributed by atoms with Gasteiger partial charge in [-0.05, 0) is 44.4 Å². The van der Waals surface area contributed by atoms with Crippen LogP contribution in [0.1, 0.15) is 45.4 Å². The average molecular weight is 254 g/mol. The number of nitrogens with zero attached hydrogens (tertiary/aromatic N) is 1. The minimum Gasteiger partial charge on any atom is -0.480 e. The molecule has 2 amide bonds. The van der Waals surface area contributed by atoms with E-state index >= 15 is 0 Å². The van der Waals surface area contributed by atoms with E-state index < -0.39 is 5.97 Å². The van der Waals surface area contributed by atoms with Gasteiger partial charge >= 0.3 is 12.0 Å². The van der Waals surface area contributed by atoms with Crippen LogP contribution in [-0.4, -0.2) is 40.6 Å². The number of carbonyl (C=O) groups excluding carboxylic acids is 1. The molecule has 2 aliphatic rings. The van der Waals surface area contributed by atoms with E-state index in [1.165, 1.54) is 4.90 Å². The van der Waals surface area contributed by atoms with Crippen molar-refractivity contribution in [2.75, 3.05) is 6.54 Å². The van der Waals surface area contributed by atoms with Crippen molar-refractivity contribution in [1.29, 1.82) is 0 Å². The van der Waals surface area contributed by atoms with Crippen molar-refractivity contribution < 1.29 is 14.7 Å². The van der Waals surface area contributed by atoms with E-state index in [4.69, 9.17) is 5.11 Å². The van der Waals surface area contributed by atoms with Gasteiger partial charge in [0.15, 0.2) is 0 Å². The maximum atomic E-state index is 12.1. The minimum absolute atomic E-state index is 0.142. The summed E-state index contributed by atoms with van der Waals surface area (Å²) in [7, 11) is 0. The number of nitrogens with one attached hydrogen (secondary N) is 1. The molecule has 5 nitrogen and oxygen atoms in total. The van der Waals surface area contributed by atoms with E-state index in [0.717, 1.165) is 44.4 Å². The number of aliphatic carboxylic acids is 1. The molecule has 0 heterocycles. The van der Waals surface area contributed by atoms with Gasteiger partial charge < -0.3 is 15.3 Å². The summed E-state index contributed by atoms with van der Waals surface area (Å²) in [5.74, 6) is -0.189. The molecule has 2 N–H and O–H groups in total. The van der Waals surface area contributed by atoms with Gasteiger partial charge in [-0.15, -0.1) is 0 Å². The van der Waals surface area contributed by atoms with E-state index in [0.29, 0.717) is 0 Å². The average Bonchev–Trinajstić information content (AvgIpc) is 3.12. The summed E-state index contributed by atoms with van der Waals surface area (Å²) in [5.41, 5.74) is 0. The van der Waals surface area contributed by atoms with E-state index in [1.807, 2.05) is 0 Å². The largest absolute Gasteiger partial charge is 0.480 e. The van der Waals surface area contributed by atoms with Gasteiger partial charge in [0.2, 0.25) is 0 Å². The Bertz CT molecular complexity index is 320. The molecular weight excluding hydrogens is 232 g/mol. The molecule has 2 fully saturated rings. The van der Waals surface area contributed by atoms with Crippen LogP contribution in [0.2, 0.25) is 0 Å². The number of carboxylic acid groups (broad SMARTS) is 1. The molecule has 0 spiro atoms. The summed E-state index contributed by atoms with van der Waals surface area (Å²) in [6.07, 6.45) is 6.18. The Morgan fingerprint density at radius 3 is 2.28 bits per heavy atom. The highest BCUT2D eigenvalue weighted by molar-refractivity contribution is 5.80. The summed E-state index contributed by atoms with van der Waals surface area (Å²) in [6.45, 7) is 2.05. The lowest BCUT2D eigenvalue weighted by Gasteiger charge is -2.29. The number of amides is 2. The lowest BCUT2D eigenvalue weighted by atomic mass is 9.87. The predicted octanol–water partition coefficient (Wildman–Crippen LogP) is 1.82. The molecule has 0 saturated heterocycles. The molecule has 18 heavy (non-hydrogen) atoms. The van der Waals surface area contributed by atoms with Gasteiger partial charge in [-0.25, -0.2) is 4.79 Å². The first-order chi connectivity index (χ1) is 8.56. The van der Waals surface area contributed by atoms with Crippen molar-refractivity contribution in [3.8, 4) is 0 Å². The number of carbonyl (C=O) groups is 2. The first kappa shape index (κ1) is 13.2. The fourth-order valence-corrected chi connectivity index (χ4v) is 2.56. The fraction of sp³-hybridized carbons (Fsp3) is 0.846. The second-order valence-corrected chi connectivity index (χ2v) is 5.66. The maximum Gasteiger partial charge on any atom is 0.323 e. The van der Waals surface area contributed by atoms with E-state index in [9.17, 15) is 9.59 Å². The van der Waals surface area contributed by atoms with Crippen molar-refractivity contribution in [3.63, 3.8) is 0 Å².